The maximum Gasteiger partial charge on any atom is 0.335 e. The van der Waals surface area contributed by atoms with Crippen LogP contribution >= 0.6 is 0 Å². The summed E-state index contributed by atoms with van der Waals surface area (Å²) in [6.07, 6.45) is 2.81. The zero-order chi connectivity index (χ0) is 9.14. The lowest BCUT2D eigenvalue weighted by atomic mass is 10.0. The molecule has 0 aromatic rings. The van der Waals surface area contributed by atoms with E-state index < -0.39 is 5.97 Å². The summed E-state index contributed by atoms with van der Waals surface area (Å²) in [4.78, 5) is 10.5. The Hall–Kier alpha value is -1.25. The van der Waals surface area contributed by atoms with Gasteiger partial charge in [0.05, 0.1) is 5.57 Å². The summed E-state index contributed by atoms with van der Waals surface area (Å²) in [6.45, 7) is 6.00. The number of aliphatic carboxylic acids is 1. The van der Waals surface area contributed by atoms with Gasteiger partial charge in [-0.15, -0.1) is 13.2 Å². The van der Waals surface area contributed by atoms with Crippen LogP contribution in [0.25, 0.3) is 0 Å². The first-order valence-corrected chi connectivity index (χ1v) is 3.92. The lowest BCUT2D eigenvalue weighted by Gasteiger charge is -2.01. The molecule has 0 saturated carbocycles. The maximum absolute atomic E-state index is 10.5. The van der Waals surface area contributed by atoms with Gasteiger partial charge in [-0.3, -0.25) is 0 Å². The predicted molar refractivity (Wildman–Crippen MR) is 44.6 cm³/mol. The molecule has 0 amide bonds. The molecule has 0 aromatic carbocycles. The third kappa shape index (κ3) is 1.49. The summed E-state index contributed by atoms with van der Waals surface area (Å²) in [5.41, 5.74) is 0.497. The quantitative estimate of drug-likeness (QED) is 0.479. The molecular formula is C9H12O3. The second-order valence-corrected chi connectivity index (χ2v) is 2.65. The van der Waals surface area contributed by atoms with Crippen LogP contribution in [0.4, 0.5) is 0 Å². The first-order chi connectivity index (χ1) is 5.79. The molecule has 1 aliphatic heterocycles. The first-order valence-electron chi connectivity index (χ1n) is 3.92. The number of carboxylic acid groups (broad SMARTS) is 1. The smallest absolute Gasteiger partial charge is 0.335 e. The number of epoxide rings is 1. The van der Waals surface area contributed by atoms with Gasteiger partial charge in [-0.05, 0) is 19.3 Å². The molecule has 1 unspecified atom stereocenters. The van der Waals surface area contributed by atoms with Crippen LogP contribution in [0.2, 0.25) is 0 Å². The minimum absolute atomic E-state index is 0.167. The van der Waals surface area contributed by atoms with Crippen molar-refractivity contribution in [1.82, 2.24) is 0 Å². The Bertz CT molecular complexity index is 230. The van der Waals surface area contributed by atoms with Gasteiger partial charge < -0.3 is 9.84 Å². The summed E-state index contributed by atoms with van der Waals surface area (Å²) in [5.74, 6) is -0.0732. The van der Waals surface area contributed by atoms with E-state index in [1.807, 2.05) is 0 Å². The molecule has 1 N–H and O–H groups in total. The van der Waals surface area contributed by atoms with E-state index in [1.54, 1.807) is 0 Å². The van der Waals surface area contributed by atoms with Gasteiger partial charge >= 0.3 is 5.97 Å². The highest BCUT2D eigenvalue weighted by Gasteiger charge is 2.40. The largest absolute Gasteiger partial charge is 0.482 e. The molecule has 0 aromatic heterocycles. The van der Waals surface area contributed by atoms with Crippen LogP contribution < -0.4 is 0 Å². The van der Waals surface area contributed by atoms with E-state index in [2.05, 4.69) is 13.2 Å². The molecule has 0 spiro atoms. The molecule has 2 aliphatic rings. The normalized spacial score (nSPS) is 24.5. The fraction of sp³-hybridized carbons (Fsp3) is 0.444. The Morgan fingerprint density at radius 3 is 2.75 bits per heavy atom. The van der Waals surface area contributed by atoms with E-state index >= 15 is 0 Å². The van der Waals surface area contributed by atoms with E-state index in [4.69, 9.17) is 9.84 Å². The maximum atomic E-state index is 10.5. The average Bonchev–Trinajstić information content (AvgIpc) is 2.85. The van der Waals surface area contributed by atoms with Gasteiger partial charge in [0.15, 0.2) is 6.10 Å². The van der Waals surface area contributed by atoms with E-state index in [0.717, 1.165) is 18.6 Å². The summed E-state index contributed by atoms with van der Waals surface area (Å²) < 4.78 is 5.05. The van der Waals surface area contributed by atoms with Crippen molar-refractivity contribution >= 4 is 5.97 Å². The Balaban J connectivity index is 0.000000336. The van der Waals surface area contributed by atoms with Crippen molar-refractivity contribution in [2.75, 3.05) is 0 Å². The molecule has 0 radical (unpaired) electrons. The lowest BCUT2D eigenvalue weighted by molar-refractivity contribution is -0.132. The zero-order valence-electron chi connectivity index (χ0n) is 6.88. The number of carboxylic acids is 1. The van der Waals surface area contributed by atoms with Crippen molar-refractivity contribution in [2.24, 2.45) is 0 Å². The predicted octanol–water partition coefficient (Wildman–Crippen LogP) is 1.71. The monoisotopic (exact) mass is 168 g/mol. The summed E-state index contributed by atoms with van der Waals surface area (Å²) in [7, 11) is 0. The number of hydrogen-bond acceptors (Lipinski definition) is 2. The molecule has 1 aliphatic carbocycles. The molecule has 3 heteroatoms. The van der Waals surface area contributed by atoms with Crippen molar-refractivity contribution in [3.8, 4) is 0 Å². The summed E-state index contributed by atoms with van der Waals surface area (Å²) in [5, 5.41) is 8.60. The van der Waals surface area contributed by atoms with Crippen molar-refractivity contribution in [2.45, 2.75) is 25.4 Å². The third-order valence-electron chi connectivity index (χ3n) is 1.95. The molecule has 1 atom stereocenters. The topological polar surface area (TPSA) is 49.8 Å². The summed E-state index contributed by atoms with van der Waals surface area (Å²) in [6, 6.07) is 0. The Morgan fingerprint density at radius 1 is 1.58 bits per heavy atom. The van der Waals surface area contributed by atoms with Crippen LogP contribution in [0.5, 0.6) is 0 Å². The van der Waals surface area contributed by atoms with Crippen LogP contribution in [0.15, 0.2) is 24.5 Å². The Morgan fingerprint density at radius 2 is 2.25 bits per heavy atom. The number of carbonyl (C=O) groups is 1. The minimum Gasteiger partial charge on any atom is -0.482 e. The lowest BCUT2D eigenvalue weighted by Crippen LogP contribution is -2.05. The van der Waals surface area contributed by atoms with Crippen molar-refractivity contribution < 1.29 is 14.6 Å². The van der Waals surface area contributed by atoms with Gasteiger partial charge in [0, 0.05) is 0 Å². The van der Waals surface area contributed by atoms with Gasteiger partial charge in [-0.1, -0.05) is 0 Å². The summed E-state index contributed by atoms with van der Waals surface area (Å²) >= 11 is 0. The zero-order valence-corrected chi connectivity index (χ0v) is 6.88. The molecular weight excluding hydrogens is 156 g/mol. The first kappa shape index (κ1) is 8.84. The van der Waals surface area contributed by atoms with Crippen LogP contribution in [0, 0.1) is 0 Å². The van der Waals surface area contributed by atoms with Gasteiger partial charge in [0.1, 0.15) is 5.76 Å². The highest BCUT2D eigenvalue weighted by atomic mass is 16.6. The van der Waals surface area contributed by atoms with Crippen LogP contribution in [0.3, 0.4) is 0 Å². The van der Waals surface area contributed by atoms with Gasteiger partial charge in [0.2, 0.25) is 0 Å². The second-order valence-electron chi connectivity index (χ2n) is 2.65. The fourth-order valence-electron chi connectivity index (χ4n) is 1.37. The second kappa shape index (κ2) is 3.43. The highest BCUT2D eigenvalue weighted by molar-refractivity contribution is 5.88. The fourth-order valence-corrected chi connectivity index (χ4v) is 1.37. The Kier molecular flexibility index (Phi) is 2.53. The van der Waals surface area contributed by atoms with E-state index in [1.165, 1.54) is 0 Å². The SMILES string of the molecule is C=C.O=C(O)C1=C2OC2CCC1. The molecule has 66 valence electrons. The standard InChI is InChI=1S/C7H8O3.C2H4/c8-7(9)4-2-1-3-5-6(4)10-5;1-2/h5H,1-3H2,(H,8,9);1-2H2. The van der Waals surface area contributed by atoms with E-state index in [9.17, 15) is 4.79 Å². The van der Waals surface area contributed by atoms with Gasteiger partial charge in [-0.25, -0.2) is 4.79 Å². The van der Waals surface area contributed by atoms with E-state index in [0.29, 0.717) is 12.0 Å². The van der Waals surface area contributed by atoms with Crippen LogP contribution in [-0.4, -0.2) is 17.2 Å². The molecule has 2 rings (SSSR count). The molecule has 1 heterocycles. The molecule has 1 fully saturated rings. The average molecular weight is 168 g/mol. The number of hydrogen-bond donors (Lipinski definition) is 1. The van der Waals surface area contributed by atoms with Crippen molar-refractivity contribution in [3.05, 3.63) is 24.5 Å². The molecule has 12 heavy (non-hydrogen) atoms. The highest BCUT2D eigenvalue weighted by Crippen LogP contribution is 2.40. The number of fused-ring (bicyclic) bond motifs is 1. The third-order valence-corrected chi connectivity index (χ3v) is 1.95. The van der Waals surface area contributed by atoms with Crippen molar-refractivity contribution in [3.63, 3.8) is 0 Å². The molecule has 3 nitrogen and oxygen atoms in total. The van der Waals surface area contributed by atoms with Crippen molar-refractivity contribution in [1.29, 1.82) is 0 Å². The minimum atomic E-state index is -0.808. The van der Waals surface area contributed by atoms with Gasteiger partial charge in [0.25, 0.3) is 0 Å². The Labute approximate surface area is 71.3 Å². The van der Waals surface area contributed by atoms with Crippen LogP contribution in [-0.2, 0) is 9.53 Å². The van der Waals surface area contributed by atoms with E-state index in [-0.39, 0.29) is 6.10 Å². The number of ether oxygens (including phenoxy) is 1. The van der Waals surface area contributed by atoms with Crippen LogP contribution in [0.1, 0.15) is 19.3 Å². The van der Waals surface area contributed by atoms with Gasteiger partial charge in [-0.2, -0.15) is 0 Å². The number of rotatable bonds is 1. The molecule has 1 saturated heterocycles. The molecule has 0 bridgehead atoms.